The van der Waals surface area contributed by atoms with Crippen LogP contribution in [0.25, 0.3) is 0 Å². The molecule has 8 heteroatoms. The fraction of sp³-hybridized carbons (Fsp3) is 0.400. The van der Waals surface area contributed by atoms with Gasteiger partial charge in [-0.05, 0) is 25.0 Å². The van der Waals surface area contributed by atoms with Crippen LogP contribution in [0.15, 0.2) is 30.5 Å². The molecule has 1 aromatic heterocycles. The molecule has 2 aromatic rings. The number of nitriles is 1. The molecule has 1 aliphatic carbocycles. The van der Waals surface area contributed by atoms with Crippen molar-refractivity contribution in [3.8, 4) is 11.9 Å². The maximum atomic E-state index is 12.3. The van der Waals surface area contributed by atoms with Gasteiger partial charge in [0.25, 0.3) is 5.91 Å². The number of carbonyl (C=O) groups excluding carboxylic acids is 1. The third kappa shape index (κ3) is 3.69. The largest absolute Gasteiger partial charge is 0.480 e. The van der Waals surface area contributed by atoms with Crippen molar-refractivity contribution in [2.45, 2.75) is 18.9 Å². The summed E-state index contributed by atoms with van der Waals surface area (Å²) in [6, 6.07) is 10.1. The number of hydrogen-bond donors (Lipinski definition) is 1. The highest BCUT2D eigenvalue weighted by Crippen LogP contribution is 2.25. The number of piperazine rings is 1. The number of carbonyl (C=O) groups is 1. The van der Waals surface area contributed by atoms with E-state index >= 15 is 0 Å². The third-order valence-corrected chi connectivity index (χ3v) is 5.02. The summed E-state index contributed by atoms with van der Waals surface area (Å²) in [6.07, 6.45) is 3.58. The molecule has 1 saturated heterocycles. The van der Waals surface area contributed by atoms with Gasteiger partial charge in [-0.3, -0.25) is 4.79 Å². The number of aromatic nitrogens is 2. The van der Waals surface area contributed by atoms with Crippen molar-refractivity contribution >= 4 is 17.5 Å². The van der Waals surface area contributed by atoms with E-state index in [0.29, 0.717) is 23.0 Å². The molecule has 1 aliphatic heterocycles. The van der Waals surface area contributed by atoms with E-state index in [-0.39, 0.29) is 11.9 Å². The highest BCUT2D eigenvalue weighted by Gasteiger charge is 2.27. The minimum atomic E-state index is -0.191. The van der Waals surface area contributed by atoms with E-state index in [4.69, 9.17) is 4.74 Å². The van der Waals surface area contributed by atoms with Gasteiger partial charge in [0.15, 0.2) is 0 Å². The lowest BCUT2D eigenvalue weighted by molar-refractivity contribution is 0.0947. The summed E-state index contributed by atoms with van der Waals surface area (Å²) in [7, 11) is 1.51. The number of para-hydroxylation sites is 1. The van der Waals surface area contributed by atoms with Crippen LogP contribution in [-0.2, 0) is 0 Å². The van der Waals surface area contributed by atoms with Gasteiger partial charge in [-0.2, -0.15) is 10.2 Å². The second kappa shape index (κ2) is 7.72. The summed E-state index contributed by atoms with van der Waals surface area (Å²) in [5, 5.41) is 12.2. The van der Waals surface area contributed by atoms with E-state index in [1.165, 1.54) is 13.3 Å². The number of anilines is 2. The zero-order valence-corrected chi connectivity index (χ0v) is 15.8. The predicted molar refractivity (Wildman–Crippen MR) is 105 cm³/mol. The number of ether oxygens (including phenoxy) is 1. The first-order valence-electron chi connectivity index (χ1n) is 9.40. The molecule has 1 aromatic carbocycles. The van der Waals surface area contributed by atoms with E-state index in [9.17, 15) is 10.1 Å². The third-order valence-electron chi connectivity index (χ3n) is 5.02. The molecular weight excluding hydrogens is 356 g/mol. The van der Waals surface area contributed by atoms with Crippen molar-refractivity contribution in [2.75, 3.05) is 43.1 Å². The molecule has 2 heterocycles. The van der Waals surface area contributed by atoms with Crippen molar-refractivity contribution < 1.29 is 9.53 Å². The summed E-state index contributed by atoms with van der Waals surface area (Å²) < 4.78 is 5.34. The molecule has 0 bridgehead atoms. The van der Waals surface area contributed by atoms with Gasteiger partial charge in [0.05, 0.1) is 18.4 Å². The van der Waals surface area contributed by atoms with Gasteiger partial charge in [0.2, 0.25) is 11.8 Å². The molecule has 0 unspecified atom stereocenters. The summed E-state index contributed by atoms with van der Waals surface area (Å²) >= 11 is 0. The van der Waals surface area contributed by atoms with Crippen LogP contribution in [0.4, 0.5) is 11.6 Å². The Morgan fingerprint density at radius 1 is 1.21 bits per heavy atom. The van der Waals surface area contributed by atoms with E-state index < -0.39 is 0 Å². The van der Waals surface area contributed by atoms with Crippen molar-refractivity contribution in [3.05, 3.63) is 41.6 Å². The molecule has 1 amide bonds. The van der Waals surface area contributed by atoms with Crippen LogP contribution < -0.4 is 19.9 Å². The Kier molecular flexibility index (Phi) is 4.98. The average molecular weight is 378 g/mol. The Labute approximate surface area is 163 Å². The Morgan fingerprint density at radius 3 is 2.61 bits per heavy atom. The molecule has 2 aliphatic rings. The van der Waals surface area contributed by atoms with E-state index in [0.717, 1.165) is 44.7 Å². The van der Waals surface area contributed by atoms with Crippen molar-refractivity contribution in [1.29, 1.82) is 5.26 Å². The molecule has 2 fully saturated rings. The van der Waals surface area contributed by atoms with Crippen LogP contribution in [0.2, 0.25) is 0 Å². The Balaban J connectivity index is 1.45. The fourth-order valence-electron chi connectivity index (χ4n) is 3.30. The number of rotatable bonds is 5. The molecule has 0 atom stereocenters. The second-order valence-electron chi connectivity index (χ2n) is 6.94. The molecule has 28 heavy (non-hydrogen) atoms. The number of methoxy groups -OCH3 is 1. The van der Waals surface area contributed by atoms with Gasteiger partial charge < -0.3 is 19.9 Å². The monoisotopic (exact) mass is 378 g/mol. The molecule has 4 rings (SSSR count). The van der Waals surface area contributed by atoms with Crippen LogP contribution in [0.5, 0.6) is 5.88 Å². The van der Waals surface area contributed by atoms with Gasteiger partial charge in [0, 0.05) is 38.4 Å². The van der Waals surface area contributed by atoms with E-state index in [1.54, 1.807) is 0 Å². The minimum Gasteiger partial charge on any atom is -0.480 e. The fourth-order valence-corrected chi connectivity index (χ4v) is 3.30. The first kappa shape index (κ1) is 18.0. The zero-order valence-electron chi connectivity index (χ0n) is 15.8. The molecular formula is C20H22N6O2. The van der Waals surface area contributed by atoms with Crippen LogP contribution in [-0.4, -0.2) is 55.2 Å². The topological polar surface area (TPSA) is 94.4 Å². The van der Waals surface area contributed by atoms with E-state index in [2.05, 4.69) is 31.2 Å². The Hall–Kier alpha value is -3.34. The van der Waals surface area contributed by atoms with Crippen LogP contribution in [0, 0.1) is 11.3 Å². The number of amides is 1. The Bertz CT molecular complexity index is 913. The summed E-state index contributed by atoms with van der Waals surface area (Å²) in [6.45, 7) is 2.95. The SMILES string of the molecule is COc1nc(N2CCN(c3ccccc3C#N)CC2)ncc1C(=O)NC1CC1. The number of nitrogens with zero attached hydrogens (tertiary/aromatic N) is 5. The standard InChI is InChI=1S/C20H22N6O2/c1-28-19-16(18(27)23-15-6-7-15)13-22-20(24-19)26-10-8-25(9-11-26)17-5-3-2-4-14(17)12-21/h2-5,13,15H,6-11H2,1H3,(H,23,27). The van der Waals surface area contributed by atoms with Gasteiger partial charge in [-0.25, -0.2) is 4.98 Å². The van der Waals surface area contributed by atoms with Crippen molar-refractivity contribution in [2.24, 2.45) is 0 Å². The smallest absolute Gasteiger partial charge is 0.258 e. The first-order chi connectivity index (χ1) is 13.7. The second-order valence-corrected chi connectivity index (χ2v) is 6.94. The Morgan fingerprint density at radius 2 is 1.93 bits per heavy atom. The van der Waals surface area contributed by atoms with E-state index in [1.807, 2.05) is 24.3 Å². The lowest BCUT2D eigenvalue weighted by Gasteiger charge is -2.36. The molecule has 8 nitrogen and oxygen atoms in total. The van der Waals surface area contributed by atoms with Gasteiger partial charge in [-0.1, -0.05) is 12.1 Å². The van der Waals surface area contributed by atoms with Gasteiger partial charge >= 0.3 is 0 Å². The minimum absolute atomic E-state index is 0.191. The summed E-state index contributed by atoms with van der Waals surface area (Å²) in [5.41, 5.74) is 2.00. The summed E-state index contributed by atoms with van der Waals surface area (Å²) in [5.74, 6) is 0.650. The summed E-state index contributed by atoms with van der Waals surface area (Å²) in [4.78, 5) is 25.4. The molecule has 1 saturated carbocycles. The lowest BCUT2D eigenvalue weighted by atomic mass is 10.1. The first-order valence-corrected chi connectivity index (χ1v) is 9.40. The quantitative estimate of drug-likeness (QED) is 0.844. The lowest BCUT2D eigenvalue weighted by Crippen LogP contribution is -2.47. The van der Waals surface area contributed by atoms with Gasteiger partial charge in [0.1, 0.15) is 11.6 Å². The molecule has 0 radical (unpaired) electrons. The highest BCUT2D eigenvalue weighted by molar-refractivity contribution is 5.96. The molecule has 0 spiro atoms. The van der Waals surface area contributed by atoms with Crippen LogP contribution >= 0.6 is 0 Å². The number of benzene rings is 1. The number of nitrogens with one attached hydrogen (secondary N) is 1. The van der Waals surface area contributed by atoms with Crippen molar-refractivity contribution in [3.63, 3.8) is 0 Å². The maximum Gasteiger partial charge on any atom is 0.258 e. The van der Waals surface area contributed by atoms with Crippen molar-refractivity contribution in [1.82, 2.24) is 15.3 Å². The molecule has 144 valence electrons. The van der Waals surface area contributed by atoms with Crippen LogP contribution in [0.1, 0.15) is 28.8 Å². The van der Waals surface area contributed by atoms with Gasteiger partial charge in [-0.15, -0.1) is 0 Å². The normalized spacial score (nSPS) is 16.4. The average Bonchev–Trinajstić information content (AvgIpc) is 3.57. The maximum absolute atomic E-state index is 12.3. The highest BCUT2D eigenvalue weighted by atomic mass is 16.5. The predicted octanol–water partition coefficient (Wildman–Crippen LogP) is 1.58. The number of hydrogen-bond acceptors (Lipinski definition) is 7. The zero-order chi connectivity index (χ0) is 19.5. The van der Waals surface area contributed by atoms with Crippen LogP contribution in [0.3, 0.4) is 0 Å². The molecule has 1 N–H and O–H groups in total.